The molecule has 0 aliphatic carbocycles. The maximum atomic E-state index is 9.00. The van der Waals surface area contributed by atoms with Crippen LogP contribution in [-0.4, -0.2) is 16.1 Å². The normalized spacial score (nSPS) is 6.64. The Bertz CT molecular complexity index is 148. The maximum Gasteiger partial charge on any atom is 0.300 e. The molecule has 0 aliphatic rings. The van der Waals surface area contributed by atoms with Crippen LogP contribution < -0.4 is 0 Å². The van der Waals surface area contributed by atoms with Crippen molar-refractivity contribution in [1.29, 1.82) is 0 Å². The second-order valence-electron chi connectivity index (χ2n) is 1.54. The molecule has 0 spiro atoms. The fourth-order valence-electron chi connectivity index (χ4n) is 0.313. The van der Waals surface area contributed by atoms with Crippen LogP contribution in [0.2, 0.25) is 0 Å². The van der Waals surface area contributed by atoms with E-state index in [9.17, 15) is 0 Å². The van der Waals surface area contributed by atoms with Crippen molar-refractivity contribution < 1.29 is 26.7 Å². The predicted molar refractivity (Wildman–Crippen MR) is 37.5 cm³/mol. The van der Waals surface area contributed by atoms with E-state index < -0.39 is 5.97 Å². The van der Waals surface area contributed by atoms with Crippen LogP contribution in [0.5, 0.6) is 0 Å². The molecule has 3 nitrogen and oxygen atoms in total. The summed E-state index contributed by atoms with van der Waals surface area (Å²) in [5, 5.41) is 7.42. The van der Waals surface area contributed by atoms with Gasteiger partial charge in [0, 0.05) is 36.1 Å². The molecule has 1 radical (unpaired) electrons. The molecule has 0 saturated heterocycles. The Morgan fingerprint density at radius 3 is 1.73 bits per heavy atom. The number of carbonyl (C=O) groups is 1. The first kappa shape index (κ1) is 12.8. The molecule has 63 valence electrons. The van der Waals surface area contributed by atoms with E-state index in [1.807, 2.05) is 18.2 Å². The second kappa shape index (κ2) is 9.13. The summed E-state index contributed by atoms with van der Waals surface area (Å²) in [6, 6.07) is 5.72. The van der Waals surface area contributed by atoms with Crippen molar-refractivity contribution in [3.63, 3.8) is 0 Å². The van der Waals surface area contributed by atoms with Crippen molar-refractivity contribution in [2.24, 2.45) is 0 Å². The van der Waals surface area contributed by atoms with E-state index in [0.717, 1.165) is 6.92 Å². The summed E-state index contributed by atoms with van der Waals surface area (Å²) in [7, 11) is 0. The van der Waals surface area contributed by atoms with Gasteiger partial charge in [0.15, 0.2) is 0 Å². The number of nitrogens with zero attached hydrogens (tertiary/aromatic N) is 1. The molecule has 1 N–H and O–H groups in total. The first-order chi connectivity index (χ1) is 4.73. The average Bonchev–Trinajstić information content (AvgIpc) is 1.90. The number of hydrogen-bond donors (Lipinski definition) is 1. The number of pyridine rings is 1. The summed E-state index contributed by atoms with van der Waals surface area (Å²) in [5.41, 5.74) is 0. The van der Waals surface area contributed by atoms with Crippen molar-refractivity contribution in [1.82, 2.24) is 4.98 Å². The molecule has 11 heavy (non-hydrogen) atoms. The van der Waals surface area contributed by atoms with Crippen LogP contribution in [0.25, 0.3) is 0 Å². The third-order valence-corrected chi connectivity index (χ3v) is 0.566. The SMILES string of the molecule is CC(=O)O.[Co].c1ccncc1. The predicted octanol–water partition coefficient (Wildman–Crippen LogP) is 1.17. The van der Waals surface area contributed by atoms with Crippen LogP contribution in [0.3, 0.4) is 0 Å². The number of aliphatic carboxylic acids is 1. The van der Waals surface area contributed by atoms with Gasteiger partial charge in [-0.3, -0.25) is 9.78 Å². The van der Waals surface area contributed by atoms with Crippen molar-refractivity contribution in [3.8, 4) is 0 Å². The zero-order valence-electron chi connectivity index (χ0n) is 6.02. The van der Waals surface area contributed by atoms with E-state index in [-0.39, 0.29) is 16.8 Å². The standard InChI is InChI=1S/C5H5N.C2H4O2.Co/c1-2-4-6-5-3-1;1-2(3)4;/h1-5H;1H3,(H,3,4);. The van der Waals surface area contributed by atoms with Gasteiger partial charge in [0.1, 0.15) is 0 Å². The van der Waals surface area contributed by atoms with Gasteiger partial charge < -0.3 is 5.11 Å². The van der Waals surface area contributed by atoms with Crippen molar-refractivity contribution in [3.05, 3.63) is 30.6 Å². The second-order valence-corrected chi connectivity index (χ2v) is 1.54. The van der Waals surface area contributed by atoms with Crippen molar-refractivity contribution in [2.45, 2.75) is 6.92 Å². The Morgan fingerprint density at radius 2 is 1.64 bits per heavy atom. The monoisotopic (exact) mass is 198 g/mol. The summed E-state index contributed by atoms with van der Waals surface area (Å²) in [6.45, 7) is 1.08. The molecular formula is C7H9CoNO2. The third-order valence-electron chi connectivity index (χ3n) is 0.566. The zero-order valence-corrected chi connectivity index (χ0v) is 7.06. The van der Waals surface area contributed by atoms with E-state index in [1.165, 1.54) is 0 Å². The third kappa shape index (κ3) is 17.6. The number of carboxylic acids is 1. The average molecular weight is 198 g/mol. The molecule has 0 bridgehead atoms. The molecule has 1 aromatic rings. The largest absolute Gasteiger partial charge is 0.481 e. The fourth-order valence-corrected chi connectivity index (χ4v) is 0.313. The minimum atomic E-state index is -0.833. The Hall–Kier alpha value is -0.874. The van der Waals surface area contributed by atoms with Crippen LogP contribution in [-0.2, 0) is 21.6 Å². The minimum Gasteiger partial charge on any atom is -0.481 e. The van der Waals surface area contributed by atoms with Crippen molar-refractivity contribution >= 4 is 5.97 Å². The summed E-state index contributed by atoms with van der Waals surface area (Å²) in [6.07, 6.45) is 3.50. The topological polar surface area (TPSA) is 50.2 Å². The fraction of sp³-hybridized carbons (Fsp3) is 0.143. The molecule has 0 fully saturated rings. The van der Waals surface area contributed by atoms with E-state index in [0.29, 0.717) is 0 Å². The minimum absolute atomic E-state index is 0. The Labute approximate surface area is 75.7 Å². The number of hydrogen-bond acceptors (Lipinski definition) is 2. The number of rotatable bonds is 0. The number of aromatic nitrogens is 1. The first-order valence-corrected chi connectivity index (χ1v) is 2.78. The van der Waals surface area contributed by atoms with E-state index >= 15 is 0 Å². The molecule has 0 aromatic carbocycles. The Balaban J connectivity index is 0. The van der Waals surface area contributed by atoms with Gasteiger partial charge >= 0.3 is 0 Å². The summed E-state index contributed by atoms with van der Waals surface area (Å²) >= 11 is 0. The van der Waals surface area contributed by atoms with Crippen LogP contribution in [0.1, 0.15) is 6.92 Å². The van der Waals surface area contributed by atoms with Gasteiger partial charge in [-0.25, -0.2) is 0 Å². The van der Waals surface area contributed by atoms with Crippen LogP contribution in [0, 0.1) is 0 Å². The Kier molecular flexibility index (Phi) is 10.6. The van der Waals surface area contributed by atoms with Crippen LogP contribution in [0.15, 0.2) is 30.6 Å². The quantitative estimate of drug-likeness (QED) is 0.680. The summed E-state index contributed by atoms with van der Waals surface area (Å²) < 4.78 is 0. The van der Waals surface area contributed by atoms with Crippen LogP contribution >= 0.6 is 0 Å². The van der Waals surface area contributed by atoms with Gasteiger partial charge in [0.2, 0.25) is 0 Å². The van der Waals surface area contributed by atoms with Crippen LogP contribution in [0.4, 0.5) is 0 Å². The van der Waals surface area contributed by atoms with E-state index in [2.05, 4.69) is 4.98 Å². The van der Waals surface area contributed by atoms with Crippen molar-refractivity contribution in [2.75, 3.05) is 0 Å². The first-order valence-electron chi connectivity index (χ1n) is 2.78. The van der Waals surface area contributed by atoms with Gasteiger partial charge in [-0.2, -0.15) is 0 Å². The van der Waals surface area contributed by atoms with Gasteiger partial charge in [-0.15, -0.1) is 0 Å². The summed E-state index contributed by atoms with van der Waals surface area (Å²) in [5.74, 6) is -0.833. The summed E-state index contributed by atoms with van der Waals surface area (Å²) in [4.78, 5) is 12.8. The molecule has 0 atom stereocenters. The zero-order chi connectivity index (χ0) is 7.82. The van der Waals surface area contributed by atoms with E-state index in [4.69, 9.17) is 9.90 Å². The van der Waals surface area contributed by atoms with Gasteiger partial charge in [-0.05, 0) is 12.1 Å². The maximum absolute atomic E-state index is 9.00. The molecule has 0 amide bonds. The molecule has 0 aliphatic heterocycles. The van der Waals surface area contributed by atoms with Gasteiger partial charge in [0.25, 0.3) is 5.97 Å². The molecule has 4 heteroatoms. The van der Waals surface area contributed by atoms with Gasteiger partial charge in [-0.1, -0.05) is 6.07 Å². The smallest absolute Gasteiger partial charge is 0.300 e. The van der Waals surface area contributed by atoms with Gasteiger partial charge in [0.05, 0.1) is 0 Å². The molecule has 1 heterocycles. The molecule has 0 unspecified atom stereocenters. The van der Waals surface area contributed by atoms with E-state index in [1.54, 1.807) is 12.4 Å². The molecule has 0 saturated carbocycles. The molecular weight excluding hydrogens is 189 g/mol. The molecule has 1 aromatic heterocycles. The Morgan fingerprint density at radius 1 is 1.27 bits per heavy atom. The number of carboxylic acid groups (broad SMARTS) is 1. The molecule has 1 rings (SSSR count).